The Morgan fingerprint density at radius 3 is 1.57 bits per heavy atom. The molecule has 0 fully saturated rings. The molecule has 8 aromatic carbocycles. The van der Waals surface area contributed by atoms with Crippen LogP contribution in [0, 0.1) is 0 Å². The van der Waals surface area contributed by atoms with Crippen LogP contribution in [0.5, 0.6) is 5.75 Å². The van der Waals surface area contributed by atoms with E-state index in [1.165, 1.54) is 54.9 Å². The number of aromatic hydroxyl groups is 1. The number of phenols is 1. The van der Waals surface area contributed by atoms with Crippen molar-refractivity contribution in [3.8, 4) is 44.8 Å². The van der Waals surface area contributed by atoms with Crippen molar-refractivity contribution in [1.82, 2.24) is 4.57 Å². The fraction of sp³-hybridized carbons (Fsp3) is 0. The molecule has 0 radical (unpaired) electrons. The maximum atomic E-state index is 10.3. The second-order valence-corrected chi connectivity index (χ2v) is 11.9. The molecule has 0 amide bonds. The molecule has 0 atom stereocenters. The number of nitrogens with zero attached hydrogens (tertiary/aromatic N) is 1. The monoisotopic (exact) mass is 587 g/mol. The summed E-state index contributed by atoms with van der Waals surface area (Å²) in [6.45, 7) is 0. The zero-order valence-corrected chi connectivity index (χ0v) is 25.1. The molecule has 0 saturated heterocycles. The van der Waals surface area contributed by atoms with Crippen molar-refractivity contribution in [3.63, 3.8) is 0 Å². The van der Waals surface area contributed by atoms with E-state index in [4.69, 9.17) is 0 Å². The van der Waals surface area contributed by atoms with Gasteiger partial charge in [-0.05, 0) is 97.4 Å². The maximum Gasteiger partial charge on any atom is 0.116 e. The van der Waals surface area contributed by atoms with Gasteiger partial charge in [0.05, 0.1) is 11.0 Å². The topological polar surface area (TPSA) is 25.2 Å². The first-order chi connectivity index (χ1) is 22.7. The molecule has 0 saturated carbocycles. The molecule has 0 aliphatic rings. The molecule has 0 aliphatic carbocycles. The van der Waals surface area contributed by atoms with E-state index < -0.39 is 0 Å². The van der Waals surface area contributed by atoms with Crippen molar-refractivity contribution in [2.45, 2.75) is 0 Å². The van der Waals surface area contributed by atoms with Crippen LogP contribution >= 0.6 is 0 Å². The van der Waals surface area contributed by atoms with E-state index in [2.05, 4.69) is 156 Å². The minimum Gasteiger partial charge on any atom is -0.508 e. The number of benzene rings is 8. The smallest absolute Gasteiger partial charge is 0.116 e. The minimum atomic E-state index is 0.277. The Bertz CT molecular complexity index is 2560. The van der Waals surface area contributed by atoms with Crippen molar-refractivity contribution in [3.05, 3.63) is 170 Å². The number of para-hydroxylation sites is 1. The lowest BCUT2D eigenvalue weighted by atomic mass is 9.85. The first-order valence-corrected chi connectivity index (χ1v) is 15.7. The highest BCUT2D eigenvalue weighted by Gasteiger charge is 2.18. The van der Waals surface area contributed by atoms with Gasteiger partial charge in [-0.1, -0.05) is 127 Å². The molecular weight excluding hydrogens is 558 g/mol. The zero-order chi connectivity index (χ0) is 30.6. The van der Waals surface area contributed by atoms with Crippen molar-refractivity contribution in [1.29, 1.82) is 0 Å². The summed E-state index contributed by atoms with van der Waals surface area (Å²) in [5, 5.41) is 17.4. The molecule has 9 aromatic rings. The van der Waals surface area contributed by atoms with Crippen molar-refractivity contribution in [2.24, 2.45) is 0 Å². The van der Waals surface area contributed by atoms with Gasteiger partial charge in [-0.2, -0.15) is 0 Å². The summed E-state index contributed by atoms with van der Waals surface area (Å²) in [4.78, 5) is 0. The Kier molecular flexibility index (Phi) is 6.00. The number of fused-ring (bicyclic) bond motifs is 5. The number of aromatic nitrogens is 1. The largest absolute Gasteiger partial charge is 0.508 e. The highest BCUT2D eigenvalue weighted by atomic mass is 16.3. The van der Waals surface area contributed by atoms with Gasteiger partial charge in [0.2, 0.25) is 0 Å². The Morgan fingerprint density at radius 1 is 0.326 bits per heavy atom. The van der Waals surface area contributed by atoms with E-state index in [1.807, 2.05) is 12.1 Å². The van der Waals surface area contributed by atoms with Crippen LogP contribution in [0.25, 0.3) is 82.4 Å². The van der Waals surface area contributed by atoms with Crippen LogP contribution < -0.4 is 0 Å². The van der Waals surface area contributed by atoms with Crippen LogP contribution in [0.2, 0.25) is 0 Å². The second-order valence-electron chi connectivity index (χ2n) is 11.9. The Morgan fingerprint density at radius 2 is 0.848 bits per heavy atom. The van der Waals surface area contributed by atoms with Crippen molar-refractivity contribution in [2.75, 3.05) is 0 Å². The molecule has 0 bridgehead atoms. The summed E-state index contributed by atoms with van der Waals surface area (Å²) in [6.07, 6.45) is 0. The van der Waals surface area contributed by atoms with E-state index in [0.717, 1.165) is 27.5 Å². The molecule has 0 unspecified atom stereocenters. The van der Waals surface area contributed by atoms with E-state index in [1.54, 1.807) is 6.07 Å². The van der Waals surface area contributed by atoms with Crippen LogP contribution in [0.1, 0.15) is 0 Å². The average Bonchev–Trinajstić information content (AvgIpc) is 3.44. The number of hydrogen-bond donors (Lipinski definition) is 1. The second kappa shape index (κ2) is 10.5. The number of hydrogen-bond acceptors (Lipinski definition) is 1. The van der Waals surface area contributed by atoms with Crippen molar-refractivity contribution < 1.29 is 5.11 Å². The summed E-state index contributed by atoms with van der Waals surface area (Å²) in [7, 11) is 0. The molecule has 216 valence electrons. The van der Waals surface area contributed by atoms with Gasteiger partial charge in [-0.25, -0.2) is 0 Å². The fourth-order valence-electron chi connectivity index (χ4n) is 7.23. The normalized spacial score (nSPS) is 11.6. The average molecular weight is 588 g/mol. The van der Waals surface area contributed by atoms with Crippen LogP contribution in [-0.2, 0) is 0 Å². The molecule has 2 heteroatoms. The SMILES string of the molecule is Oc1ccc2c(c1)c1ccccc1n2-c1ccc(-c2c3ccccc3c(-c3ccccc3)c3cc(-c4ccccc4)ccc23)cc1. The standard InChI is InChI=1S/C44H29NO/c46-34-24-26-42-39(28-34)35-15-9-10-18-41(35)45(42)33-22-19-31(20-23-33)43-36-16-7-8-17-37(36)44(30-13-5-2-6-14-30)40-27-32(21-25-38(40)43)29-11-3-1-4-12-29/h1-28,46H. The summed E-state index contributed by atoms with van der Waals surface area (Å²) < 4.78 is 2.29. The van der Waals surface area contributed by atoms with Gasteiger partial charge in [0.1, 0.15) is 5.75 Å². The Hall–Kier alpha value is -6.12. The third-order valence-corrected chi connectivity index (χ3v) is 9.26. The molecule has 0 aliphatic heterocycles. The van der Waals surface area contributed by atoms with Crippen molar-refractivity contribution >= 4 is 43.4 Å². The molecule has 2 nitrogen and oxygen atoms in total. The summed E-state index contributed by atoms with van der Waals surface area (Å²) >= 11 is 0. The van der Waals surface area contributed by atoms with Gasteiger partial charge >= 0.3 is 0 Å². The quantitative estimate of drug-likeness (QED) is 0.204. The zero-order valence-electron chi connectivity index (χ0n) is 25.1. The van der Waals surface area contributed by atoms with Gasteiger partial charge in [-0.15, -0.1) is 0 Å². The molecule has 1 N–H and O–H groups in total. The van der Waals surface area contributed by atoms with E-state index in [9.17, 15) is 5.11 Å². The lowest BCUT2D eigenvalue weighted by molar-refractivity contribution is 0.476. The third-order valence-electron chi connectivity index (χ3n) is 9.26. The number of phenolic OH excluding ortho intramolecular Hbond substituents is 1. The molecule has 1 heterocycles. The van der Waals surface area contributed by atoms with Gasteiger partial charge in [0.25, 0.3) is 0 Å². The van der Waals surface area contributed by atoms with Crippen LogP contribution in [0.4, 0.5) is 0 Å². The lowest BCUT2D eigenvalue weighted by Gasteiger charge is -2.19. The lowest BCUT2D eigenvalue weighted by Crippen LogP contribution is -1.95. The highest BCUT2D eigenvalue weighted by Crippen LogP contribution is 2.45. The predicted molar refractivity (Wildman–Crippen MR) is 194 cm³/mol. The van der Waals surface area contributed by atoms with Gasteiger partial charge in [-0.3, -0.25) is 0 Å². The molecule has 1 aromatic heterocycles. The van der Waals surface area contributed by atoms with E-state index in [0.29, 0.717) is 0 Å². The van der Waals surface area contributed by atoms with Gasteiger partial charge < -0.3 is 9.67 Å². The Balaban J connectivity index is 1.30. The number of rotatable bonds is 4. The van der Waals surface area contributed by atoms with Crippen LogP contribution in [-0.4, -0.2) is 9.67 Å². The highest BCUT2D eigenvalue weighted by molar-refractivity contribution is 6.22. The van der Waals surface area contributed by atoms with Crippen LogP contribution in [0.3, 0.4) is 0 Å². The van der Waals surface area contributed by atoms with Gasteiger partial charge in [0, 0.05) is 16.5 Å². The molecule has 9 rings (SSSR count). The van der Waals surface area contributed by atoms with Crippen LogP contribution in [0.15, 0.2) is 170 Å². The molecular formula is C44H29NO. The molecule has 46 heavy (non-hydrogen) atoms. The van der Waals surface area contributed by atoms with E-state index >= 15 is 0 Å². The molecule has 0 spiro atoms. The van der Waals surface area contributed by atoms with E-state index in [-0.39, 0.29) is 5.75 Å². The summed E-state index contributed by atoms with van der Waals surface area (Å²) in [5.74, 6) is 0.277. The van der Waals surface area contributed by atoms with Gasteiger partial charge in [0.15, 0.2) is 0 Å². The first-order valence-electron chi connectivity index (χ1n) is 15.7. The summed E-state index contributed by atoms with van der Waals surface area (Å²) in [5.41, 5.74) is 10.6. The Labute approximate surface area is 267 Å². The summed E-state index contributed by atoms with van der Waals surface area (Å²) in [6, 6.07) is 60.1. The maximum absolute atomic E-state index is 10.3. The first kappa shape index (κ1) is 26.3. The minimum absolute atomic E-state index is 0.277. The fourth-order valence-corrected chi connectivity index (χ4v) is 7.23. The predicted octanol–water partition coefficient (Wildman–Crippen LogP) is 11.8. The third kappa shape index (κ3) is 4.12.